The van der Waals surface area contributed by atoms with E-state index < -0.39 is 0 Å². The molecule has 8 nitrogen and oxygen atoms in total. The van der Waals surface area contributed by atoms with Gasteiger partial charge in [-0.25, -0.2) is 4.98 Å². The van der Waals surface area contributed by atoms with Gasteiger partial charge in [0.15, 0.2) is 5.82 Å². The summed E-state index contributed by atoms with van der Waals surface area (Å²) in [4.78, 5) is 29.9. The molecule has 8 heteroatoms. The number of aryl methyl sites for hydroxylation is 1. The monoisotopic (exact) mass is 386 g/mol. The third kappa shape index (κ3) is 4.17. The topological polar surface area (TPSA) is 94.5 Å². The number of carbonyl (C=O) groups excluding carboxylic acids is 2. The van der Waals surface area contributed by atoms with Crippen molar-refractivity contribution in [3.8, 4) is 5.75 Å². The van der Waals surface area contributed by atoms with Crippen LogP contribution < -0.4 is 15.4 Å². The number of carbonyl (C=O) groups is 2. The Balaban J connectivity index is 1.88. The van der Waals surface area contributed by atoms with E-state index in [-0.39, 0.29) is 17.6 Å². The molecule has 2 amide bonds. The highest BCUT2D eigenvalue weighted by molar-refractivity contribution is 6.04. The molecule has 1 aliphatic heterocycles. The van der Waals surface area contributed by atoms with Gasteiger partial charge >= 0.3 is 0 Å². The first-order valence-corrected chi connectivity index (χ1v) is 9.37. The summed E-state index contributed by atoms with van der Waals surface area (Å²) in [6, 6.07) is 5.56. The molecule has 3 rings (SSSR count). The van der Waals surface area contributed by atoms with Gasteiger partial charge in [0.25, 0.3) is 11.8 Å². The van der Waals surface area contributed by atoms with E-state index in [4.69, 9.17) is 9.47 Å². The maximum absolute atomic E-state index is 13.0. The molecular weight excluding hydrogens is 360 g/mol. The summed E-state index contributed by atoms with van der Waals surface area (Å²) in [6.07, 6.45) is 2.64. The molecule has 0 aliphatic carbocycles. The zero-order valence-electron chi connectivity index (χ0n) is 16.5. The lowest BCUT2D eigenvalue weighted by Gasteiger charge is -2.17. The van der Waals surface area contributed by atoms with Gasteiger partial charge in [-0.15, -0.1) is 0 Å². The van der Waals surface area contributed by atoms with Crippen molar-refractivity contribution < 1.29 is 19.1 Å². The summed E-state index contributed by atoms with van der Waals surface area (Å²) in [7, 11) is 3.13. The number of nitrogens with one attached hydrogen (secondary N) is 2. The maximum atomic E-state index is 13.0. The minimum atomic E-state index is -0.358. The van der Waals surface area contributed by atoms with Gasteiger partial charge in [0.1, 0.15) is 11.4 Å². The number of hydrogen-bond donors (Lipinski definition) is 2. The number of methoxy groups -OCH3 is 2. The third-order valence-corrected chi connectivity index (χ3v) is 4.73. The number of hydrogen-bond acceptors (Lipinski definition) is 5. The number of anilines is 1. The van der Waals surface area contributed by atoms with Crippen molar-refractivity contribution in [3.05, 3.63) is 41.0 Å². The second kappa shape index (κ2) is 8.88. The average molecular weight is 386 g/mol. The number of amides is 2. The van der Waals surface area contributed by atoms with Crippen molar-refractivity contribution in [2.45, 2.75) is 32.7 Å². The average Bonchev–Trinajstić information content (AvgIpc) is 3.08. The number of ether oxygens (including phenoxy) is 2. The lowest BCUT2D eigenvalue weighted by molar-refractivity contribution is 0.0931. The smallest absolute Gasteiger partial charge is 0.291 e. The zero-order chi connectivity index (χ0) is 20.1. The number of nitrogens with zero attached hydrogens (tertiary/aromatic N) is 2. The molecule has 1 aromatic carbocycles. The van der Waals surface area contributed by atoms with Crippen molar-refractivity contribution in [1.29, 1.82) is 0 Å². The first-order valence-electron chi connectivity index (χ1n) is 9.37. The van der Waals surface area contributed by atoms with Crippen LogP contribution in [0.2, 0.25) is 0 Å². The first-order chi connectivity index (χ1) is 13.5. The molecule has 0 saturated carbocycles. The second-order valence-electron chi connectivity index (χ2n) is 6.75. The van der Waals surface area contributed by atoms with Crippen LogP contribution >= 0.6 is 0 Å². The van der Waals surface area contributed by atoms with E-state index in [1.54, 1.807) is 20.3 Å². The van der Waals surface area contributed by atoms with Crippen LogP contribution in [-0.4, -0.2) is 48.7 Å². The van der Waals surface area contributed by atoms with Crippen LogP contribution in [0.4, 0.5) is 5.69 Å². The Hall–Kier alpha value is -2.87. The van der Waals surface area contributed by atoms with Gasteiger partial charge in [-0.3, -0.25) is 9.59 Å². The van der Waals surface area contributed by atoms with E-state index >= 15 is 0 Å². The molecule has 0 fully saturated rings. The van der Waals surface area contributed by atoms with Crippen molar-refractivity contribution in [3.63, 3.8) is 0 Å². The highest BCUT2D eigenvalue weighted by Crippen LogP contribution is 2.27. The molecular formula is C20H26N4O4. The summed E-state index contributed by atoms with van der Waals surface area (Å²) in [5.41, 5.74) is 2.70. The van der Waals surface area contributed by atoms with Gasteiger partial charge in [-0.2, -0.15) is 0 Å². The van der Waals surface area contributed by atoms with Gasteiger partial charge in [0.05, 0.1) is 25.1 Å². The van der Waals surface area contributed by atoms with Crippen LogP contribution in [0.15, 0.2) is 18.2 Å². The quantitative estimate of drug-likeness (QED) is 0.711. The van der Waals surface area contributed by atoms with E-state index in [2.05, 4.69) is 15.6 Å². The molecule has 150 valence electrons. The van der Waals surface area contributed by atoms with Crippen molar-refractivity contribution in [2.75, 3.05) is 32.7 Å². The SMILES string of the molecule is COCCNC(=O)c1nc(C(=O)Nc2cc(C)ccc2OC)n2c1CCCC2. The van der Waals surface area contributed by atoms with E-state index in [1.165, 1.54) is 0 Å². The van der Waals surface area contributed by atoms with E-state index in [1.807, 2.05) is 23.6 Å². The number of imidazole rings is 1. The Morgan fingerprint density at radius 2 is 2.04 bits per heavy atom. The maximum Gasteiger partial charge on any atom is 0.291 e. The largest absolute Gasteiger partial charge is 0.495 e. The summed E-state index contributed by atoms with van der Waals surface area (Å²) in [6.45, 7) is 3.42. The van der Waals surface area contributed by atoms with Crippen LogP contribution in [-0.2, 0) is 17.7 Å². The van der Waals surface area contributed by atoms with Gasteiger partial charge in [-0.1, -0.05) is 6.07 Å². The zero-order valence-corrected chi connectivity index (χ0v) is 16.5. The second-order valence-corrected chi connectivity index (χ2v) is 6.75. The Kier molecular flexibility index (Phi) is 6.30. The van der Waals surface area contributed by atoms with Gasteiger partial charge in [-0.05, 0) is 43.9 Å². The molecule has 1 aromatic heterocycles. The summed E-state index contributed by atoms with van der Waals surface area (Å²) >= 11 is 0. The van der Waals surface area contributed by atoms with Crippen LogP contribution in [0.1, 0.15) is 45.2 Å². The number of benzene rings is 1. The van der Waals surface area contributed by atoms with Gasteiger partial charge in [0.2, 0.25) is 0 Å². The van der Waals surface area contributed by atoms with E-state index in [0.717, 1.165) is 30.5 Å². The van der Waals surface area contributed by atoms with Crippen molar-refractivity contribution >= 4 is 17.5 Å². The summed E-state index contributed by atoms with van der Waals surface area (Å²) < 4.78 is 12.1. The van der Waals surface area contributed by atoms with Crippen LogP contribution in [0.3, 0.4) is 0 Å². The molecule has 0 unspecified atom stereocenters. The minimum absolute atomic E-state index is 0.246. The highest BCUT2D eigenvalue weighted by atomic mass is 16.5. The lowest BCUT2D eigenvalue weighted by Crippen LogP contribution is -2.28. The molecule has 0 atom stereocenters. The fraction of sp³-hybridized carbons (Fsp3) is 0.450. The number of aromatic nitrogens is 2. The first kappa shape index (κ1) is 19.9. The Morgan fingerprint density at radius 1 is 1.21 bits per heavy atom. The fourth-order valence-corrected chi connectivity index (χ4v) is 3.35. The number of rotatable bonds is 7. The van der Waals surface area contributed by atoms with Crippen molar-refractivity contribution in [2.24, 2.45) is 0 Å². The molecule has 0 bridgehead atoms. The molecule has 28 heavy (non-hydrogen) atoms. The summed E-state index contributed by atoms with van der Waals surface area (Å²) in [5.74, 6) is 0.176. The minimum Gasteiger partial charge on any atom is -0.495 e. The molecule has 0 radical (unpaired) electrons. The number of fused-ring (bicyclic) bond motifs is 1. The van der Waals surface area contributed by atoms with Crippen molar-refractivity contribution in [1.82, 2.24) is 14.9 Å². The highest BCUT2D eigenvalue weighted by Gasteiger charge is 2.27. The fourth-order valence-electron chi connectivity index (χ4n) is 3.35. The summed E-state index contributed by atoms with van der Waals surface area (Å²) in [5, 5.41) is 5.66. The molecule has 2 aromatic rings. The van der Waals surface area contributed by atoms with E-state index in [9.17, 15) is 9.59 Å². The molecule has 2 heterocycles. The van der Waals surface area contributed by atoms with Gasteiger partial charge in [0, 0.05) is 20.2 Å². The standard InChI is InChI=1S/C20H26N4O4/c1-13-7-8-16(28-3)14(12-13)22-20(26)18-23-17(19(25)21-9-11-27-2)15-6-4-5-10-24(15)18/h7-8,12H,4-6,9-11H2,1-3H3,(H,21,25)(H,22,26). The Bertz CT molecular complexity index is 875. The third-order valence-electron chi connectivity index (χ3n) is 4.73. The molecule has 2 N–H and O–H groups in total. The Morgan fingerprint density at radius 3 is 2.79 bits per heavy atom. The lowest BCUT2D eigenvalue weighted by atomic mass is 10.1. The predicted octanol–water partition coefficient (Wildman–Crippen LogP) is 2.16. The molecule has 0 spiro atoms. The van der Waals surface area contributed by atoms with Gasteiger partial charge < -0.3 is 24.7 Å². The molecule has 0 saturated heterocycles. The van der Waals surface area contributed by atoms with Crippen LogP contribution in [0.25, 0.3) is 0 Å². The van der Waals surface area contributed by atoms with Crippen LogP contribution in [0, 0.1) is 6.92 Å². The van der Waals surface area contributed by atoms with Crippen LogP contribution in [0.5, 0.6) is 5.75 Å². The predicted molar refractivity (Wildman–Crippen MR) is 105 cm³/mol. The Labute approximate surface area is 164 Å². The molecule has 1 aliphatic rings. The normalized spacial score (nSPS) is 13.0. The van der Waals surface area contributed by atoms with E-state index in [0.29, 0.717) is 36.8 Å².